The Morgan fingerprint density at radius 1 is 1.06 bits per heavy atom. The van der Waals surface area contributed by atoms with E-state index in [9.17, 15) is 4.79 Å². The number of hydrogen-bond acceptors (Lipinski definition) is 5. The van der Waals surface area contributed by atoms with Crippen LogP contribution in [0.5, 0.6) is 5.75 Å². The smallest absolute Gasteiger partial charge is 0.368 e. The molecule has 32 heavy (non-hydrogen) atoms. The van der Waals surface area contributed by atoms with Gasteiger partial charge in [-0.3, -0.25) is 4.68 Å². The van der Waals surface area contributed by atoms with Crippen LogP contribution in [0.2, 0.25) is 0 Å². The zero-order chi connectivity index (χ0) is 22.7. The van der Waals surface area contributed by atoms with Gasteiger partial charge in [-0.05, 0) is 72.7 Å². The van der Waals surface area contributed by atoms with E-state index in [1.54, 1.807) is 7.05 Å². The summed E-state index contributed by atoms with van der Waals surface area (Å²) >= 11 is 0. The molecule has 0 spiro atoms. The summed E-state index contributed by atoms with van der Waals surface area (Å²) in [5, 5.41) is 12.4. The molecule has 4 aromatic rings. The molecule has 0 atom stereocenters. The average molecular weight is 428 g/mol. The van der Waals surface area contributed by atoms with E-state index in [4.69, 9.17) is 4.74 Å². The molecule has 0 saturated heterocycles. The fourth-order valence-electron chi connectivity index (χ4n) is 3.42. The Labute approximate surface area is 186 Å². The van der Waals surface area contributed by atoms with Gasteiger partial charge in [-0.1, -0.05) is 18.1 Å². The lowest BCUT2D eigenvalue weighted by atomic mass is 10.1. The van der Waals surface area contributed by atoms with E-state index < -0.39 is 0 Å². The molecule has 2 aromatic heterocycles. The van der Waals surface area contributed by atoms with Crippen molar-refractivity contribution in [2.45, 2.75) is 33.9 Å². The predicted molar refractivity (Wildman–Crippen MR) is 122 cm³/mol. The van der Waals surface area contributed by atoms with Crippen LogP contribution in [-0.4, -0.2) is 29.6 Å². The normalized spacial score (nSPS) is 10.6. The van der Waals surface area contributed by atoms with Crippen molar-refractivity contribution in [2.75, 3.05) is 0 Å². The lowest BCUT2D eigenvalue weighted by Crippen LogP contribution is -2.23. The first-order valence-electron chi connectivity index (χ1n) is 10.2. The van der Waals surface area contributed by atoms with Crippen LogP contribution in [0.3, 0.4) is 0 Å². The van der Waals surface area contributed by atoms with Gasteiger partial charge in [-0.25, -0.2) is 4.79 Å². The first-order chi connectivity index (χ1) is 15.5. The van der Waals surface area contributed by atoms with Crippen molar-refractivity contribution in [1.82, 2.24) is 29.6 Å². The maximum Gasteiger partial charge on any atom is 0.368 e. The number of aromatic nitrogens is 6. The predicted octanol–water partition coefficient (Wildman–Crippen LogP) is 3.05. The summed E-state index contributed by atoms with van der Waals surface area (Å²) in [7, 11) is 1.57. The molecule has 0 bridgehead atoms. The molecule has 0 fully saturated rings. The van der Waals surface area contributed by atoms with Crippen molar-refractivity contribution < 1.29 is 4.74 Å². The van der Waals surface area contributed by atoms with Crippen LogP contribution >= 0.6 is 0 Å². The highest BCUT2D eigenvalue weighted by Crippen LogP contribution is 2.27. The minimum absolute atomic E-state index is 0.301. The van der Waals surface area contributed by atoms with Crippen LogP contribution in [-0.2, 0) is 20.2 Å². The molecule has 0 amide bonds. The van der Waals surface area contributed by atoms with Crippen LogP contribution in [0.25, 0.3) is 16.9 Å². The quantitative estimate of drug-likeness (QED) is 0.441. The summed E-state index contributed by atoms with van der Waals surface area (Å²) in [4.78, 5) is 12.3. The van der Waals surface area contributed by atoms with Gasteiger partial charge in [0.15, 0.2) is 0 Å². The molecule has 8 nitrogen and oxygen atoms in total. The number of hydrogen-bond donors (Lipinski definition) is 0. The SMILES string of the molecule is CC#CCn1ccc(-c2ccc(OCc3c(C)cccc3-n3nnn(C)c3=O)c(C)c2)n1. The van der Waals surface area contributed by atoms with E-state index in [0.29, 0.717) is 18.8 Å². The summed E-state index contributed by atoms with van der Waals surface area (Å²) in [6.07, 6.45) is 1.92. The van der Waals surface area contributed by atoms with Gasteiger partial charge in [-0.2, -0.15) is 14.5 Å². The molecule has 2 aromatic carbocycles. The summed E-state index contributed by atoms with van der Waals surface area (Å²) < 4.78 is 10.5. The molecule has 8 heteroatoms. The third-order valence-electron chi connectivity index (χ3n) is 5.24. The third kappa shape index (κ3) is 4.18. The number of benzene rings is 2. The van der Waals surface area contributed by atoms with Gasteiger partial charge in [0.25, 0.3) is 0 Å². The minimum Gasteiger partial charge on any atom is -0.489 e. The zero-order valence-corrected chi connectivity index (χ0v) is 18.5. The number of aryl methyl sites for hydroxylation is 3. The zero-order valence-electron chi connectivity index (χ0n) is 18.5. The Kier molecular flexibility index (Phi) is 5.90. The van der Waals surface area contributed by atoms with Gasteiger partial charge in [-0.15, -0.1) is 5.92 Å². The topological polar surface area (TPSA) is 79.8 Å². The maximum atomic E-state index is 12.3. The first kappa shape index (κ1) is 21.1. The Morgan fingerprint density at radius 3 is 2.62 bits per heavy atom. The van der Waals surface area contributed by atoms with Gasteiger partial charge in [0.05, 0.1) is 11.4 Å². The molecule has 0 saturated carbocycles. The van der Waals surface area contributed by atoms with Gasteiger partial charge in [0.1, 0.15) is 18.9 Å². The van der Waals surface area contributed by atoms with Gasteiger partial charge in [0.2, 0.25) is 0 Å². The summed E-state index contributed by atoms with van der Waals surface area (Å²) in [5.41, 5.74) is 5.16. The highest BCUT2D eigenvalue weighted by atomic mass is 16.5. The molecular weight excluding hydrogens is 404 g/mol. The van der Waals surface area contributed by atoms with Gasteiger partial charge < -0.3 is 4.74 Å². The van der Waals surface area contributed by atoms with Crippen molar-refractivity contribution in [2.24, 2.45) is 7.05 Å². The molecular formula is C24H24N6O2. The fraction of sp³-hybridized carbons (Fsp3) is 0.250. The van der Waals surface area contributed by atoms with Crippen LogP contribution in [0.1, 0.15) is 23.6 Å². The first-order valence-corrected chi connectivity index (χ1v) is 10.2. The molecule has 0 aliphatic carbocycles. The van der Waals surface area contributed by atoms with E-state index in [0.717, 1.165) is 33.7 Å². The highest BCUT2D eigenvalue weighted by Gasteiger charge is 2.14. The standard InChI is InChI=1S/C24H24N6O2/c1-5-6-13-29-14-12-21(25-29)19-10-11-23(18(3)15-19)32-16-20-17(2)8-7-9-22(20)30-24(31)28(4)26-27-30/h7-12,14-15H,13,16H2,1-4H3. The van der Waals surface area contributed by atoms with Crippen molar-refractivity contribution in [3.05, 3.63) is 75.8 Å². The number of rotatable bonds is 6. The highest BCUT2D eigenvalue weighted by molar-refractivity contribution is 5.61. The Hall–Kier alpha value is -4.12. The van der Waals surface area contributed by atoms with Crippen molar-refractivity contribution >= 4 is 0 Å². The van der Waals surface area contributed by atoms with E-state index >= 15 is 0 Å². The number of nitrogens with zero attached hydrogens (tertiary/aromatic N) is 6. The van der Waals surface area contributed by atoms with E-state index in [-0.39, 0.29) is 5.69 Å². The molecule has 2 heterocycles. The van der Waals surface area contributed by atoms with Gasteiger partial charge in [0, 0.05) is 24.4 Å². The molecule has 0 N–H and O–H groups in total. The van der Waals surface area contributed by atoms with E-state index in [1.807, 2.05) is 68.0 Å². The molecule has 0 aliphatic heterocycles. The van der Waals surface area contributed by atoms with Gasteiger partial charge >= 0.3 is 5.69 Å². The second-order valence-electron chi connectivity index (χ2n) is 7.46. The molecule has 0 unspecified atom stereocenters. The Balaban J connectivity index is 1.56. The molecule has 0 aliphatic rings. The van der Waals surface area contributed by atoms with Crippen LogP contribution < -0.4 is 10.4 Å². The van der Waals surface area contributed by atoms with E-state index in [2.05, 4.69) is 33.4 Å². The molecule has 4 rings (SSSR count). The number of tetrazole rings is 1. The second-order valence-corrected chi connectivity index (χ2v) is 7.46. The second kappa shape index (κ2) is 8.94. The largest absolute Gasteiger partial charge is 0.489 e. The summed E-state index contributed by atoms with van der Waals surface area (Å²) in [6.45, 7) is 6.68. The van der Waals surface area contributed by atoms with Crippen LogP contribution in [0.15, 0.2) is 53.5 Å². The Bertz CT molecular complexity index is 1380. The average Bonchev–Trinajstić information content (AvgIpc) is 3.39. The fourth-order valence-corrected chi connectivity index (χ4v) is 3.42. The molecule has 0 radical (unpaired) electrons. The monoisotopic (exact) mass is 428 g/mol. The summed E-state index contributed by atoms with van der Waals surface area (Å²) in [6, 6.07) is 13.7. The summed E-state index contributed by atoms with van der Waals surface area (Å²) in [5.74, 6) is 6.65. The van der Waals surface area contributed by atoms with Crippen LogP contribution in [0.4, 0.5) is 0 Å². The van der Waals surface area contributed by atoms with Crippen molar-refractivity contribution in [1.29, 1.82) is 0 Å². The van der Waals surface area contributed by atoms with Crippen molar-refractivity contribution in [3.8, 4) is 34.5 Å². The number of ether oxygens (including phenoxy) is 1. The third-order valence-corrected chi connectivity index (χ3v) is 5.24. The minimum atomic E-state index is -0.304. The maximum absolute atomic E-state index is 12.3. The lowest BCUT2D eigenvalue weighted by molar-refractivity contribution is 0.302. The van der Waals surface area contributed by atoms with Crippen molar-refractivity contribution in [3.63, 3.8) is 0 Å². The van der Waals surface area contributed by atoms with Crippen LogP contribution in [0, 0.1) is 25.7 Å². The Morgan fingerprint density at radius 2 is 1.91 bits per heavy atom. The van der Waals surface area contributed by atoms with E-state index in [1.165, 1.54) is 9.36 Å². The lowest BCUT2D eigenvalue weighted by Gasteiger charge is -2.14. The molecule has 162 valence electrons.